The molecular formula is C14H16N2OS. The van der Waals surface area contributed by atoms with Crippen LogP contribution in [0.4, 0.5) is 0 Å². The van der Waals surface area contributed by atoms with Crippen LogP contribution in [-0.4, -0.2) is 24.2 Å². The van der Waals surface area contributed by atoms with Crippen LogP contribution in [0.5, 0.6) is 5.88 Å². The highest BCUT2D eigenvalue weighted by Crippen LogP contribution is 2.25. The van der Waals surface area contributed by atoms with Crippen molar-refractivity contribution >= 4 is 11.3 Å². The van der Waals surface area contributed by atoms with Crippen molar-refractivity contribution in [2.45, 2.75) is 18.9 Å². The lowest BCUT2D eigenvalue weighted by Gasteiger charge is -2.23. The number of ether oxygens (including phenoxy) is 1. The van der Waals surface area contributed by atoms with E-state index in [1.54, 1.807) is 11.3 Å². The summed E-state index contributed by atoms with van der Waals surface area (Å²) in [6.45, 7) is 2.07. The zero-order valence-electron chi connectivity index (χ0n) is 10.1. The van der Waals surface area contributed by atoms with Gasteiger partial charge in [0.25, 0.3) is 0 Å². The summed E-state index contributed by atoms with van der Waals surface area (Å²) >= 11 is 1.70. The molecule has 3 nitrogen and oxygen atoms in total. The van der Waals surface area contributed by atoms with Crippen LogP contribution in [0, 0.1) is 0 Å². The molecule has 1 N–H and O–H groups in total. The summed E-state index contributed by atoms with van der Waals surface area (Å²) in [6.07, 6.45) is 2.42. The second kappa shape index (κ2) is 5.50. The van der Waals surface area contributed by atoms with Crippen molar-refractivity contribution in [2.75, 3.05) is 13.1 Å². The van der Waals surface area contributed by atoms with Crippen LogP contribution in [0.2, 0.25) is 0 Å². The second-order valence-corrected chi connectivity index (χ2v) is 5.35. The van der Waals surface area contributed by atoms with E-state index in [1.165, 1.54) is 4.88 Å². The van der Waals surface area contributed by atoms with Crippen LogP contribution in [0.15, 0.2) is 35.7 Å². The van der Waals surface area contributed by atoms with Gasteiger partial charge in [-0.25, -0.2) is 4.98 Å². The van der Waals surface area contributed by atoms with E-state index in [0.717, 1.165) is 37.5 Å². The third-order valence-corrected chi connectivity index (χ3v) is 3.96. The fourth-order valence-electron chi connectivity index (χ4n) is 2.13. The zero-order valence-corrected chi connectivity index (χ0v) is 11.0. The first-order valence-electron chi connectivity index (χ1n) is 6.30. The van der Waals surface area contributed by atoms with Crippen molar-refractivity contribution in [1.29, 1.82) is 0 Å². The van der Waals surface area contributed by atoms with Crippen LogP contribution < -0.4 is 10.1 Å². The van der Waals surface area contributed by atoms with Gasteiger partial charge in [0.15, 0.2) is 0 Å². The Balaban J connectivity index is 1.74. The molecule has 4 heteroatoms. The van der Waals surface area contributed by atoms with Crippen LogP contribution in [0.3, 0.4) is 0 Å². The van der Waals surface area contributed by atoms with Gasteiger partial charge >= 0.3 is 0 Å². The monoisotopic (exact) mass is 260 g/mol. The van der Waals surface area contributed by atoms with E-state index in [4.69, 9.17) is 4.74 Å². The largest absolute Gasteiger partial charge is 0.474 e. The lowest BCUT2D eigenvalue weighted by atomic mass is 10.1. The number of hydrogen-bond donors (Lipinski definition) is 1. The molecule has 3 rings (SSSR count). The van der Waals surface area contributed by atoms with Gasteiger partial charge in [-0.15, -0.1) is 11.3 Å². The average Bonchev–Trinajstić information content (AvgIpc) is 2.94. The van der Waals surface area contributed by atoms with Crippen molar-refractivity contribution in [1.82, 2.24) is 10.3 Å². The van der Waals surface area contributed by atoms with E-state index >= 15 is 0 Å². The summed E-state index contributed by atoms with van der Waals surface area (Å²) in [7, 11) is 0. The fourth-order valence-corrected chi connectivity index (χ4v) is 2.82. The molecule has 18 heavy (non-hydrogen) atoms. The first-order valence-corrected chi connectivity index (χ1v) is 7.18. The quantitative estimate of drug-likeness (QED) is 0.921. The van der Waals surface area contributed by atoms with E-state index in [0.29, 0.717) is 6.10 Å². The molecular weight excluding hydrogens is 244 g/mol. The molecule has 0 bridgehead atoms. The van der Waals surface area contributed by atoms with Gasteiger partial charge in [-0.3, -0.25) is 0 Å². The maximum absolute atomic E-state index is 5.95. The Hall–Kier alpha value is -1.39. The highest BCUT2D eigenvalue weighted by Gasteiger charge is 2.15. The Bertz CT molecular complexity index is 492. The Kier molecular flexibility index (Phi) is 3.57. The summed E-state index contributed by atoms with van der Waals surface area (Å²) in [5.41, 5.74) is 0.997. The standard InChI is InChI=1S/C14H16N2OS/c1-3-12(13-4-2-10-18-13)16-14(5-1)17-11-6-8-15-9-7-11/h1-5,10-11,15H,6-9H2. The maximum Gasteiger partial charge on any atom is 0.214 e. The second-order valence-electron chi connectivity index (χ2n) is 4.41. The van der Waals surface area contributed by atoms with Gasteiger partial charge in [0.05, 0.1) is 10.6 Å². The molecule has 0 amide bonds. The SMILES string of the molecule is c1cc(OC2CCNCC2)nc(-c2cccs2)c1. The lowest BCUT2D eigenvalue weighted by Crippen LogP contribution is -2.34. The molecule has 0 unspecified atom stereocenters. The molecule has 0 aliphatic carbocycles. The van der Waals surface area contributed by atoms with Gasteiger partial charge in [0, 0.05) is 6.07 Å². The van der Waals surface area contributed by atoms with Crippen molar-refractivity contribution in [3.05, 3.63) is 35.7 Å². The number of nitrogens with zero attached hydrogens (tertiary/aromatic N) is 1. The highest BCUT2D eigenvalue weighted by atomic mass is 32.1. The van der Waals surface area contributed by atoms with Gasteiger partial charge in [-0.2, -0.15) is 0 Å². The average molecular weight is 260 g/mol. The minimum absolute atomic E-state index is 0.303. The molecule has 0 aromatic carbocycles. The molecule has 1 aliphatic rings. The van der Waals surface area contributed by atoms with Crippen LogP contribution in [-0.2, 0) is 0 Å². The van der Waals surface area contributed by atoms with E-state index < -0.39 is 0 Å². The zero-order chi connectivity index (χ0) is 12.2. The molecule has 1 aliphatic heterocycles. The van der Waals surface area contributed by atoms with Crippen molar-refractivity contribution < 1.29 is 4.74 Å². The van der Waals surface area contributed by atoms with Gasteiger partial charge in [-0.05, 0) is 43.4 Å². The third-order valence-electron chi connectivity index (χ3n) is 3.07. The highest BCUT2D eigenvalue weighted by molar-refractivity contribution is 7.13. The molecule has 1 saturated heterocycles. The summed E-state index contributed by atoms with van der Waals surface area (Å²) in [5.74, 6) is 0.743. The van der Waals surface area contributed by atoms with E-state index in [1.807, 2.05) is 24.3 Å². The molecule has 3 heterocycles. The molecule has 0 saturated carbocycles. The minimum Gasteiger partial charge on any atom is -0.474 e. The smallest absolute Gasteiger partial charge is 0.214 e. The number of rotatable bonds is 3. The first-order chi connectivity index (χ1) is 8.92. The maximum atomic E-state index is 5.95. The van der Waals surface area contributed by atoms with E-state index in [-0.39, 0.29) is 0 Å². The van der Waals surface area contributed by atoms with Crippen molar-refractivity contribution in [3.63, 3.8) is 0 Å². The van der Waals surface area contributed by atoms with Gasteiger partial charge < -0.3 is 10.1 Å². The number of nitrogens with one attached hydrogen (secondary N) is 1. The molecule has 2 aromatic rings. The molecule has 0 spiro atoms. The molecule has 94 valence electrons. The Morgan fingerprint density at radius 3 is 2.83 bits per heavy atom. The van der Waals surface area contributed by atoms with Crippen LogP contribution in [0.1, 0.15) is 12.8 Å². The van der Waals surface area contributed by atoms with E-state index in [2.05, 4.69) is 21.7 Å². The minimum atomic E-state index is 0.303. The van der Waals surface area contributed by atoms with Gasteiger partial charge in [-0.1, -0.05) is 12.1 Å². The molecule has 0 radical (unpaired) electrons. The number of aromatic nitrogens is 1. The Morgan fingerprint density at radius 2 is 2.06 bits per heavy atom. The predicted octanol–water partition coefficient (Wildman–Crippen LogP) is 2.94. The van der Waals surface area contributed by atoms with Gasteiger partial charge in [0.1, 0.15) is 6.10 Å². The number of hydrogen-bond acceptors (Lipinski definition) is 4. The van der Waals surface area contributed by atoms with Crippen LogP contribution in [0.25, 0.3) is 10.6 Å². The Labute approximate surface area is 111 Å². The molecule has 2 aromatic heterocycles. The van der Waals surface area contributed by atoms with Crippen molar-refractivity contribution in [2.24, 2.45) is 0 Å². The third kappa shape index (κ3) is 2.71. The predicted molar refractivity (Wildman–Crippen MR) is 74.1 cm³/mol. The molecule has 1 fully saturated rings. The fraction of sp³-hybridized carbons (Fsp3) is 0.357. The lowest BCUT2D eigenvalue weighted by molar-refractivity contribution is 0.156. The van der Waals surface area contributed by atoms with E-state index in [9.17, 15) is 0 Å². The Morgan fingerprint density at radius 1 is 1.17 bits per heavy atom. The summed E-state index contributed by atoms with van der Waals surface area (Å²) in [5, 5.41) is 5.40. The normalized spacial score (nSPS) is 16.7. The topological polar surface area (TPSA) is 34.1 Å². The summed E-state index contributed by atoms with van der Waals surface area (Å²) in [6, 6.07) is 10.1. The van der Waals surface area contributed by atoms with Gasteiger partial charge in [0.2, 0.25) is 5.88 Å². The van der Waals surface area contributed by atoms with Crippen molar-refractivity contribution in [3.8, 4) is 16.5 Å². The summed E-state index contributed by atoms with van der Waals surface area (Å²) < 4.78 is 5.95. The van der Waals surface area contributed by atoms with Crippen LogP contribution >= 0.6 is 11.3 Å². The number of thiophene rings is 1. The number of pyridine rings is 1. The first kappa shape index (κ1) is 11.7. The number of piperidine rings is 1. The molecule has 0 atom stereocenters. The summed E-state index contributed by atoms with van der Waals surface area (Å²) in [4.78, 5) is 5.76.